The molecule has 5 amide bonds. The summed E-state index contributed by atoms with van der Waals surface area (Å²) in [6.45, 7) is 14.6. The quantitative estimate of drug-likeness (QED) is 0.0323. The van der Waals surface area contributed by atoms with Crippen molar-refractivity contribution < 1.29 is 43.8 Å². The molecule has 0 aromatic rings. The third kappa shape index (κ3) is 19.2. The van der Waals surface area contributed by atoms with Crippen LogP contribution in [-0.2, 0) is 33.6 Å². The molecular weight excluding hydrogens is 678 g/mol. The molecule has 0 aromatic carbocycles. The smallest absolute Gasteiger partial charge is 0.326 e. The number of hydrogen-bond donors (Lipinski definition) is 10. The van der Waals surface area contributed by atoms with Gasteiger partial charge in [0.05, 0.1) is 12.5 Å². The molecule has 0 saturated heterocycles. The first-order valence-corrected chi connectivity index (χ1v) is 17.9. The van der Waals surface area contributed by atoms with E-state index in [0.29, 0.717) is 6.42 Å². The van der Waals surface area contributed by atoms with Crippen LogP contribution < -0.4 is 43.8 Å². The van der Waals surface area contributed by atoms with Gasteiger partial charge in [0.15, 0.2) is 5.96 Å². The van der Waals surface area contributed by atoms with E-state index >= 15 is 0 Å². The van der Waals surface area contributed by atoms with Gasteiger partial charge in [-0.25, -0.2) is 4.79 Å². The monoisotopic (exact) mass is 741 g/mol. The molecule has 0 radical (unpaired) electrons. The predicted molar refractivity (Wildman–Crippen MR) is 195 cm³/mol. The van der Waals surface area contributed by atoms with Gasteiger partial charge in [0.2, 0.25) is 29.5 Å². The molecule has 0 fully saturated rings. The molecule has 52 heavy (non-hydrogen) atoms. The van der Waals surface area contributed by atoms with Gasteiger partial charge in [0.1, 0.15) is 30.2 Å². The fourth-order valence-electron chi connectivity index (χ4n) is 5.21. The number of carboxylic acids is 2. The van der Waals surface area contributed by atoms with Gasteiger partial charge in [0, 0.05) is 6.54 Å². The van der Waals surface area contributed by atoms with E-state index in [1.807, 2.05) is 41.5 Å². The minimum absolute atomic E-state index is 0.0319. The van der Waals surface area contributed by atoms with Crippen LogP contribution in [0.4, 0.5) is 0 Å². The highest BCUT2D eigenvalue weighted by Gasteiger charge is 2.35. The lowest BCUT2D eigenvalue weighted by molar-refractivity contribution is -0.143. The third-order valence-electron chi connectivity index (χ3n) is 8.11. The molecule has 0 unspecified atom stereocenters. The van der Waals surface area contributed by atoms with Gasteiger partial charge in [-0.05, 0) is 55.8 Å². The van der Waals surface area contributed by atoms with Gasteiger partial charge < -0.3 is 54.0 Å². The number of carboxylic acid groups (broad SMARTS) is 2. The minimum atomic E-state index is -1.58. The summed E-state index contributed by atoms with van der Waals surface area (Å²) in [6.07, 6.45) is 0.379. The van der Waals surface area contributed by atoms with Gasteiger partial charge >= 0.3 is 11.9 Å². The van der Waals surface area contributed by atoms with Crippen LogP contribution in [0.5, 0.6) is 0 Å². The first-order chi connectivity index (χ1) is 24.1. The summed E-state index contributed by atoms with van der Waals surface area (Å²) in [5.74, 6) is -7.24. The van der Waals surface area contributed by atoms with Crippen molar-refractivity contribution in [2.45, 2.75) is 137 Å². The lowest BCUT2D eigenvalue weighted by atomic mass is 9.95. The van der Waals surface area contributed by atoms with Crippen molar-refractivity contribution in [3.05, 3.63) is 0 Å². The standard InChI is InChI=1S/C34H63N9O9/c1-9-20(8)27(32(50)41-23(14-18(4)5)30(48)42-25(33(51)52)15-19(6)7)43-29(47)22(11-10-12-38-34(36)37)39-31(49)24(16-26(44)45)40-28(46)21(35)13-17(2)3/h17-25,27H,9-16,35H2,1-8H3,(H,39,49)(H,40,46)(H,41,50)(H,42,48)(H,43,47)(H,44,45)(H,51,52)(H4,36,37,38)/t20-,21-,22-,23-,24-,25-,27-/m0/s1. The highest BCUT2D eigenvalue weighted by Crippen LogP contribution is 2.13. The molecule has 0 heterocycles. The number of carbonyl (C=O) groups is 7. The van der Waals surface area contributed by atoms with Crippen LogP contribution in [0.3, 0.4) is 0 Å². The summed E-state index contributed by atoms with van der Waals surface area (Å²) < 4.78 is 0. The number of nitrogens with one attached hydrogen (secondary N) is 5. The van der Waals surface area contributed by atoms with E-state index in [-0.39, 0.29) is 62.4 Å². The number of guanidine groups is 1. The topological polar surface area (TPSA) is 311 Å². The number of nitrogens with two attached hydrogens (primary N) is 3. The van der Waals surface area contributed by atoms with Crippen molar-refractivity contribution in [1.29, 1.82) is 0 Å². The van der Waals surface area contributed by atoms with Gasteiger partial charge in [-0.3, -0.25) is 33.8 Å². The van der Waals surface area contributed by atoms with Crippen LogP contribution in [0.1, 0.15) is 100 Å². The maximum Gasteiger partial charge on any atom is 0.326 e. The second-order valence-corrected chi connectivity index (χ2v) is 14.5. The van der Waals surface area contributed by atoms with E-state index in [1.54, 1.807) is 13.8 Å². The molecule has 18 nitrogen and oxygen atoms in total. The fourth-order valence-corrected chi connectivity index (χ4v) is 5.21. The van der Waals surface area contributed by atoms with Crippen molar-refractivity contribution in [3.63, 3.8) is 0 Å². The highest BCUT2D eigenvalue weighted by molar-refractivity contribution is 5.97. The molecule has 0 spiro atoms. The molecule has 0 bridgehead atoms. The molecule has 18 heteroatoms. The van der Waals surface area contributed by atoms with Crippen molar-refractivity contribution in [2.75, 3.05) is 6.54 Å². The summed E-state index contributed by atoms with van der Waals surface area (Å²) in [4.78, 5) is 94.3. The lowest BCUT2D eigenvalue weighted by Gasteiger charge is -2.30. The number of aliphatic carboxylic acids is 2. The summed E-state index contributed by atoms with van der Waals surface area (Å²) in [7, 11) is 0. The zero-order valence-electron chi connectivity index (χ0n) is 31.9. The molecule has 13 N–H and O–H groups in total. The second kappa shape index (κ2) is 23.9. The predicted octanol–water partition coefficient (Wildman–Crippen LogP) is -0.465. The first kappa shape index (κ1) is 47.5. The summed E-state index contributed by atoms with van der Waals surface area (Å²) in [5.41, 5.74) is 16.8. The molecular formula is C34H63N9O9. The zero-order chi connectivity index (χ0) is 40.3. The van der Waals surface area contributed by atoms with Gasteiger partial charge in [-0.2, -0.15) is 0 Å². The molecule has 7 atom stereocenters. The number of amides is 5. The third-order valence-corrected chi connectivity index (χ3v) is 8.11. The maximum absolute atomic E-state index is 13.8. The van der Waals surface area contributed by atoms with E-state index in [9.17, 15) is 43.8 Å². The number of aliphatic imine (C=N–C) groups is 1. The molecule has 0 aliphatic heterocycles. The Balaban J connectivity index is 6.36. The Bertz CT molecular complexity index is 1240. The SMILES string of the molecule is CC[C@H](C)[C@H](NC(=O)[C@H](CCCN=C(N)N)NC(=O)[C@H](CC(=O)O)NC(=O)[C@@H](N)CC(C)C)C(=O)N[C@@H](CC(C)C)C(=O)N[C@@H](CC(C)C)C(=O)O. The Labute approximate surface area is 306 Å². The van der Waals surface area contributed by atoms with Crippen molar-refractivity contribution >= 4 is 47.4 Å². The van der Waals surface area contributed by atoms with Crippen LogP contribution >= 0.6 is 0 Å². The number of carbonyl (C=O) groups excluding carboxylic acids is 5. The van der Waals surface area contributed by atoms with Crippen molar-refractivity contribution in [1.82, 2.24) is 26.6 Å². The zero-order valence-corrected chi connectivity index (χ0v) is 31.9. The Hall–Kier alpha value is -4.48. The van der Waals surface area contributed by atoms with Crippen LogP contribution in [0.2, 0.25) is 0 Å². The minimum Gasteiger partial charge on any atom is -0.481 e. The summed E-state index contributed by atoms with van der Waals surface area (Å²) >= 11 is 0. The lowest BCUT2D eigenvalue weighted by Crippen LogP contribution is -2.60. The summed E-state index contributed by atoms with van der Waals surface area (Å²) in [6, 6.07) is -7.42. The molecule has 0 aliphatic rings. The Morgan fingerprint density at radius 2 is 1.08 bits per heavy atom. The molecule has 0 rings (SSSR count). The molecule has 298 valence electrons. The molecule has 0 saturated carbocycles. The molecule has 0 aliphatic carbocycles. The highest BCUT2D eigenvalue weighted by atomic mass is 16.4. The van der Waals surface area contributed by atoms with E-state index in [2.05, 4.69) is 31.6 Å². The van der Waals surface area contributed by atoms with E-state index < -0.39 is 90.1 Å². The van der Waals surface area contributed by atoms with Crippen molar-refractivity contribution in [2.24, 2.45) is 45.9 Å². The number of hydrogen-bond acceptors (Lipinski definition) is 9. The fraction of sp³-hybridized carbons (Fsp3) is 0.765. The normalized spacial score (nSPS) is 15.3. The Kier molecular flexibility index (Phi) is 21.8. The van der Waals surface area contributed by atoms with Crippen LogP contribution in [-0.4, -0.2) is 100 Å². The maximum atomic E-state index is 13.8. The first-order valence-electron chi connectivity index (χ1n) is 17.9. The number of rotatable bonds is 25. The average Bonchev–Trinajstić information content (AvgIpc) is 3.02. The van der Waals surface area contributed by atoms with Gasteiger partial charge in [-0.15, -0.1) is 0 Å². The van der Waals surface area contributed by atoms with Crippen molar-refractivity contribution in [3.8, 4) is 0 Å². The van der Waals surface area contributed by atoms with E-state index in [0.717, 1.165) is 0 Å². The Morgan fingerprint density at radius 1 is 0.615 bits per heavy atom. The van der Waals surface area contributed by atoms with E-state index in [4.69, 9.17) is 17.2 Å². The van der Waals surface area contributed by atoms with Crippen LogP contribution in [0.15, 0.2) is 4.99 Å². The van der Waals surface area contributed by atoms with Gasteiger partial charge in [0.25, 0.3) is 0 Å². The second-order valence-electron chi connectivity index (χ2n) is 14.5. The van der Waals surface area contributed by atoms with E-state index in [1.165, 1.54) is 0 Å². The van der Waals surface area contributed by atoms with Crippen LogP contribution in [0, 0.1) is 23.7 Å². The average molecular weight is 742 g/mol. The number of nitrogens with zero attached hydrogens (tertiary/aromatic N) is 1. The largest absolute Gasteiger partial charge is 0.481 e. The summed E-state index contributed by atoms with van der Waals surface area (Å²) in [5, 5.41) is 31.8. The van der Waals surface area contributed by atoms with Crippen LogP contribution in [0.25, 0.3) is 0 Å². The Morgan fingerprint density at radius 3 is 1.56 bits per heavy atom. The van der Waals surface area contributed by atoms with Gasteiger partial charge in [-0.1, -0.05) is 61.8 Å². The molecule has 0 aromatic heterocycles.